The van der Waals surface area contributed by atoms with E-state index in [1.807, 2.05) is 0 Å². The molecule has 0 spiro atoms. The third kappa shape index (κ3) is 4.69. The van der Waals surface area contributed by atoms with Crippen molar-refractivity contribution in [2.24, 2.45) is 0 Å². The molecule has 134 valence electrons. The molecule has 1 heterocycles. The minimum atomic E-state index is -0.197. The highest BCUT2D eigenvalue weighted by molar-refractivity contribution is 7.99. The number of hydrogen-bond acceptors (Lipinski definition) is 6. The summed E-state index contributed by atoms with van der Waals surface area (Å²) < 4.78 is 10.9. The number of hydrogen-bond donors (Lipinski definition) is 1. The largest absolute Gasteiger partial charge is 0.496 e. The van der Waals surface area contributed by atoms with Crippen LogP contribution in [-0.2, 0) is 4.79 Å². The first-order chi connectivity index (χ1) is 12.5. The second kappa shape index (κ2) is 8.44. The molecule has 0 aliphatic rings. The fraction of sp³-hybridized carbons (Fsp3) is 0.118. The van der Waals surface area contributed by atoms with Gasteiger partial charge in [-0.2, -0.15) is 0 Å². The van der Waals surface area contributed by atoms with Crippen LogP contribution in [0.15, 0.2) is 52.1 Å². The molecule has 1 N–H and O–H groups in total. The number of amides is 1. The van der Waals surface area contributed by atoms with Crippen LogP contribution in [0, 0.1) is 0 Å². The van der Waals surface area contributed by atoms with Crippen LogP contribution < -0.4 is 10.1 Å². The van der Waals surface area contributed by atoms with Crippen LogP contribution in [0.2, 0.25) is 10.0 Å². The molecule has 0 saturated heterocycles. The van der Waals surface area contributed by atoms with Gasteiger partial charge in [0.05, 0.1) is 18.4 Å². The van der Waals surface area contributed by atoms with Gasteiger partial charge in [-0.25, -0.2) is 0 Å². The molecule has 6 nitrogen and oxygen atoms in total. The maximum atomic E-state index is 12.0. The minimum absolute atomic E-state index is 0.122. The smallest absolute Gasteiger partial charge is 0.277 e. The van der Waals surface area contributed by atoms with Gasteiger partial charge in [0.15, 0.2) is 0 Å². The molecule has 0 fully saturated rings. The van der Waals surface area contributed by atoms with Crippen LogP contribution in [0.25, 0.3) is 11.5 Å². The average Bonchev–Trinajstić information content (AvgIpc) is 3.11. The van der Waals surface area contributed by atoms with E-state index in [-0.39, 0.29) is 22.8 Å². The quantitative estimate of drug-likeness (QED) is 0.590. The van der Waals surface area contributed by atoms with Crippen LogP contribution in [0.5, 0.6) is 5.75 Å². The zero-order chi connectivity index (χ0) is 18.5. The molecule has 1 amide bonds. The Kier molecular flexibility index (Phi) is 6.03. The summed E-state index contributed by atoms with van der Waals surface area (Å²) in [6, 6.07) is 11.9. The van der Waals surface area contributed by atoms with Crippen molar-refractivity contribution < 1.29 is 13.9 Å². The lowest BCUT2D eigenvalue weighted by Crippen LogP contribution is -2.13. The first-order valence-corrected chi connectivity index (χ1v) is 9.15. The van der Waals surface area contributed by atoms with E-state index in [4.69, 9.17) is 32.4 Å². The Bertz CT molecular complexity index is 916. The fourth-order valence-electron chi connectivity index (χ4n) is 2.08. The molecular weight excluding hydrogens is 397 g/mol. The first-order valence-electron chi connectivity index (χ1n) is 7.41. The van der Waals surface area contributed by atoms with E-state index in [2.05, 4.69) is 15.5 Å². The molecule has 0 bridgehead atoms. The van der Waals surface area contributed by atoms with E-state index in [0.717, 1.165) is 11.8 Å². The number of rotatable bonds is 6. The van der Waals surface area contributed by atoms with E-state index < -0.39 is 0 Å². The number of methoxy groups -OCH3 is 1. The van der Waals surface area contributed by atoms with E-state index >= 15 is 0 Å². The molecule has 0 aliphatic heterocycles. The molecular formula is C17H13Cl2N3O3S. The number of carbonyl (C=O) groups is 1. The topological polar surface area (TPSA) is 77.2 Å². The van der Waals surface area contributed by atoms with E-state index in [1.54, 1.807) is 49.6 Å². The Morgan fingerprint density at radius 1 is 1.15 bits per heavy atom. The Hall–Kier alpha value is -2.22. The Morgan fingerprint density at radius 2 is 1.88 bits per heavy atom. The van der Waals surface area contributed by atoms with Crippen molar-refractivity contribution in [1.29, 1.82) is 0 Å². The second-order valence-electron chi connectivity index (χ2n) is 5.06. The Morgan fingerprint density at radius 3 is 2.62 bits per heavy atom. The van der Waals surface area contributed by atoms with Gasteiger partial charge in [0, 0.05) is 15.7 Å². The highest BCUT2D eigenvalue weighted by Crippen LogP contribution is 2.33. The normalized spacial score (nSPS) is 10.6. The highest BCUT2D eigenvalue weighted by atomic mass is 35.5. The maximum absolute atomic E-state index is 12.0. The summed E-state index contributed by atoms with van der Waals surface area (Å²) in [5.74, 6) is 0.758. The van der Waals surface area contributed by atoms with Gasteiger partial charge < -0.3 is 14.5 Å². The maximum Gasteiger partial charge on any atom is 0.277 e. The highest BCUT2D eigenvalue weighted by Gasteiger charge is 2.15. The molecule has 2 aromatic carbocycles. The zero-order valence-electron chi connectivity index (χ0n) is 13.5. The van der Waals surface area contributed by atoms with Crippen molar-refractivity contribution >= 4 is 46.6 Å². The molecule has 0 atom stereocenters. The molecule has 3 aromatic rings. The molecule has 0 aliphatic carbocycles. The van der Waals surface area contributed by atoms with E-state index in [0.29, 0.717) is 27.0 Å². The van der Waals surface area contributed by atoms with Gasteiger partial charge in [-0.3, -0.25) is 4.79 Å². The summed E-state index contributed by atoms with van der Waals surface area (Å²) in [5, 5.41) is 12.1. The number of carbonyl (C=O) groups excluding carboxylic acids is 1. The fourth-order valence-corrected chi connectivity index (χ4v) is 2.94. The van der Waals surface area contributed by atoms with Gasteiger partial charge >= 0.3 is 0 Å². The van der Waals surface area contributed by atoms with Gasteiger partial charge in [0.25, 0.3) is 11.1 Å². The standard InChI is InChI=1S/C17H13Cl2N3O3S/c1-24-14-7-4-11(19)8-13(14)16-21-22-17(25-16)26-9-15(23)20-12-5-2-10(18)3-6-12/h2-8H,9H2,1H3,(H,20,23). The van der Waals surface area contributed by atoms with Crippen molar-refractivity contribution in [2.45, 2.75) is 5.22 Å². The summed E-state index contributed by atoms with van der Waals surface area (Å²) in [5.41, 5.74) is 1.25. The molecule has 3 rings (SSSR count). The zero-order valence-corrected chi connectivity index (χ0v) is 15.9. The Labute approximate surface area is 163 Å². The molecule has 0 saturated carbocycles. The number of nitrogens with zero attached hydrogens (tertiary/aromatic N) is 2. The second-order valence-corrected chi connectivity index (χ2v) is 6.86. The summed E-state index contributed by atoms with van der Waals surface area (Å²) in [4.78, 5) is 12.0. The van der Waals surface area contributed by atoms with Gasteiger partial charge in [-0.05, 0) is 42.5 Å². The van der Waals surface area contributed by atoms with Crippen LogP contribution in [0.4, 0.5) is 5.69 Å². The van der Waals surface area contributed by atoms with Crippen LogP contribution in [0.3, 0.4) is 0 Å². The lowest BCUT2D eigenvalue weighted by atomic mass is 10.2. The van der Waals surface area contributed by atoms with Crippen molar-refractivity contribution in [3.63, 3.8) is 0 Å². The third-order valence-corrected chi connectivity index (χ3v) is 4.56. The van der Waals surface area contributed by atoms with Crippen LogP contribution >= 0.6 is 35.0 Å². The molecule has 1 aromatic heterocycles. The molecule has 9 heteroatoms. The van der Waals surface area contributed by atoms with E-state index in [9.17, 15) is 4.79 Å². The summed E-state index contributed by atoms with van der Waals surface area (Å²) in [6.45, 7) is 0. The third-order valence-electron chi connectivity index (χ3n) is 3.25. The lowest BCUT2D eigenvalue weighted by Gasteiger charge is -2.05. The monoisotopic (exact) mass is 409 g/mol. The molecule has 0 radical (unpaired) electrons. The van der Waals surface area contributed by atoms with Crippen LogP contribution in [-0.4, -0.2) is 29.0 Å². The SMILES string of the molecule is COc1ccc(Cl)cc1-c1nnc(SCC(=O)Nc2ccc(Cl)cc2)o1. The predicted octanol–water partition coefficient (Wildman–Crippen LogP) is 4.78. The lowest BCUT2D eigenvalue weighted by molar-refractivity contribution is -0.113. The number of thioether (sulfide) groups is 1. The number of benzene rings is 2. The van der Waals surface area contributed by atoms with Crippen molar-refractivity contribution in [2.75, 3.05) is 18.2 Å². The first kappa shape index (κ1) is 18.6. The summed E-state index contributed by atoms with van der Waals surface area (Å²) in [7, 11) is 1.54. The number of halogens is 2. The number of aromatic nitrogens is 2. The average molecular weight is 410 g/mol. The predicted molar refractivity (Wildman–Crippen MR) is 102 cm³/mol. The van der Waals surface area contributed by atoms with Gasteiger partial charge in [0.2, 0.25) is 5.91 Å². The number of anilines is 1. The van der Waals surface area contributed by atoms with Gasteiger partial charge in [0.1, 0.15) is 5.75 Å². The molecule has 0 unspecified atom stereocenters. The Balaban J connectivity index is 1.63. The molecule has 26 heavy (non-hydrogen) atoms. The minimum Gasteiger partial charge on any atom is -0.496 e. The number of nitrogens with one attached hydrogen (secondary N) is 1. The summed E-state index contributed by atoms with van der Waals surface area (Å²) >= 11 is 13.0. The van der Waals surface area contributed by atoms with E-state index in [1.165, 1.54) is 0 Å². The summed E-state index contributed by atoms with van der Waals surface area (Å²) in [6.07, 6.45) is 0. The van der Waals surface area contributed by atoms with Crippen molar-refractivity contribution in [3.8, 4) is 17.2 Å². The number of ether oxygens (including phenoxy) is 1. The van der Waals surface area contributed by atoms with Gasteiger partial charge in [-0.15, -0.1) is 10.2 Å². The van der Waals surface area contributed by atoms with Crippen molar-refractivity contribution in [3.05, 3.63) is 52.5 Å². The van der Waals surface area contributed by atoms with Crippen molar-refractivity contribution in [1.82, 2.24) is 10.2 Å². The van der Waals surface area contributed by atoms with Crippen LogP contribution in [0.1, 0.15) is 0 Å². The van der Waals surface area contributed by atoms with Gasteiger partial charge in [-0.1, -0.05) is 35.0 Å².